The molecule has 0 heterocycles. The van der Waals surface area contributed by atoms with Crippen molar-refractivity contribution in [2.75, 3.05) is 0 Å². The molecular formula is B2Ca3O8. The largest absolute Gasteiger partial charge is 2.00 e. The van der Waals surface area contributed by atoms with Gasteiger partial charge in [0.1, 0.15) is 0 Å². The van der Waals surface area contributed by atoms with Crippen molar-refractivity contribution < 1.29 is 40.2 Å². The summed E-state index contributed by atoms with van der Waals surface area (Å²) < 4.78 is 0. The molecule has 0 radical (unpaired) electrons. The molecule has 13 heavy (non-hydrogen) atoms. The Kier molecular flexibility index (Phi) is 57.0. The fourth-order valence-electron chi connectivity index (χ4n) is 0. The zero-order chi connectivity index (χ0) is 8.57. The third kappa shape index (κ3) is 50.0. The molecule has 0 aliphatic carbocycles. The molecule has 0 aliphatic rings. The summed E-state index contributed by atoms with van der Waals surface area (Å²) in [5.74, 6) is 0. The molecule has 0 aromatic carbocycles. The predicted octanol–water partition coefficient (Wildman–Crippen LogP) is -9.17. The van der Waals surface area contributed by atoms with E-state index < -0.39 is 14.6 Å². The molecular weight excluding hydrogens is 270 g/mol. The Morgan fingerprint density at radius 2 is 0.692 bits per heavy atom. The summed E-state index contributed by atoms with van der Waals surface area (Å²) in [5, 5.41) is 52.2. The van der Waals surface area contributed by atoms with Gasteiger partial charge in [0.25, 0.3) is 0 Å². The molecule has 0 rings (SSSR count). The van der Waals surface area contributed by atoms with Gasteiger partial charge in [-0.15, -0.1) is 0 Å². The Labute approximate surface area is 164 Å². The van der Waals surface area contributed by atoms with E-state index in [4.69, 9.17) is 30.6 Å². The minimum absolute atomic E-state index is 0. The van der Waals surface area contributed by atoms with Crippen LogP contribution in [0.5, 0.6) is 0 Å². The van der Waals surface area contributed by atoms with E-state index in [0.29, 0.717) is 0 Å². The minimum atomic E-state index is -2.67. The summed E-state index contributed by atoms with van der Waals surface area (Å²) >= 11 is 0. The first-order valence-electron chi connectivity index (χ1n) is 1.75. The molecule has 8 nitrogen and oxygen atoms in total. The second-order valence-electron chi connectivity index (χ2n) is 0.770. The van der Waals surface area contributed by atoms with Crippen LogP contribution in [-0.2, 0) is 9.61 Å². The third-order valence-electron chi connectivity index (χ3n) is 0.157. The Hall–Kier alpha value is 3.59. The fourth-order valence-corrected chi connectivity index (χ4v) is 0. The van der Waals surface area contributed by atoms with Crippen molar-refractivity contribution in [2.45, 2.75) is 0 Å². The summed E-state index contributed by atoms with van der Waals surface area (Å²) in [6.07, 6.45) is 0. The van der Waals surface area contributed by atoms with Crippen molar-refractivity contribution in [1.29, 1.82) is 0 Å². The number of rotatable bonds is 2. The molecule has 0 bridgehead atoms. The molecule has 0 aromatic rings. The molecule has 0 atom stereocenters. The molecule has 0 saturated heterocycles. The van der Waals surface area contributed by atoms with Crippen molar-refractivity contribution in [2.24, 2.45) is 0 Å². The van der Waals surface area contributed by atoms with Gasteiger partial charge in [0, 0.05) is 14.6 Å². The maximum absolute atomic E-state index is 8.81. The third-order valence-corrected chi connectivity index (χ3v) is 0.157. The second-order valence-corrected chi connectivity index (χ2v) is 0.770. The molecule has 0 aromatic heterocycles. The van der Waals surface area contributed by atoms with Crippen LogP contribution in [0.25, 0.3) is 0 Å². The Morgan fingerprint density at radius 1 is 0.615 bits per heavy atom. The second kappa shape index (κ2) is 24.7. The van der Waals surface area contributed by atoms with E-state index in [9.17, 15) is 0 Å². The van der Waals surface area contributed by atoms with Gasteiger partial charge < -0.3 is 40.2 Å². The zero-order valence-corrected chi connectivity index (χ0v) is 13.2. The first kappa shape index (κ1) is 30.0. The van der Waals surface area contributed by atoms with Crippen LogP contribution in [0, 0.1) is 0 Å². The Morgan fingerprint density at radius 3 is 0.692 bits per heavy atom. The Balaban J connectivity index is -0.0000000267. The standard InChI is InChI=1S/2BHO4.3Ca/c2*2-1(3)5-4;;;/h2*4H;;;/q2*-2;3*+2/p-2. The van der Waals surface area contributed by atoms with Crippen LogP contribution in [0.15, 0.2) is 0 Å². The maximum atomic E-state index is 8.81. The maximum Gasteiger partial charge on any atom is 2.00 e. The van der Waals surface area contributed by atoms with E-state index in [0.717, 1.165) is 0 Å². The first-order chi connectivity index (χ1) is 4.54. The first-order valence-corrected chi connectivity index (χ1v) is 1.75. The van der Waals surface area contributed by atoms with Gasteiger partial charge >= 0.3 is 113 Å². The number of hydrogen-bond acceptors (Lipinski definition) is 8. The smallest absolute Gasteiger partial charge is 0.871 e. The topological polar surface area (TPSA) is 157 Å². The molecule has 0 spiro atoms. The molecule has 0 amide bonds. The van der Waals surface area contributed by atoms with Gasteiger partial charge in [0.2, 0.25) is 0 Å². The molecule has 0 unspecified atom stereocenters. The van der Waals surface area contributed by atoms with E-state index in [1.165, 1.54) is 0 Å². The van der Waals surface area contributed by atoms with Crippen LogP contribution in [0.3, 0.4) is 0 Å². The van der Waals surface area contributed by atoms with Crippen LogP contribution in [0.1, 0.15) is 0 Å². The van der Waals surface area contributed by atoms with E-state index >= 15 is 0 Å². The molecule has 0 N–H and O–H groups in total. The quantitative estimate of drug-likeness (QED) is 0.272. The fraction of sp³-hybridized carbons (Fsp3) is 0. The van der Waals surface area contributed by atoms with E-state index in [1.54, 1.807) is 0 Å². The van der Waals surface area contributed by atoms with E-state index in [1.807, 2.05) is 0 Å². The van der Waals surface area contributed by atoms with Crippen LogP contribution in [0.4, 0.5) is 0 Å². The SMILES string of the molecule is [Ca+2].[Ca+2].[Ca+2].[O-]OB([O-])[O-].[O-]OB([O-])[O-]. The van der Waals surface area contributed by atoms with Gasteiger partial charge in [-0.2, -0.15) is 0 Å². The van der Waals surface area contributed by atoms with E-state index in [2.05, 4.69) is 9.61 Å². The summed E-state index contributed by atoms with van der Waals surface area (Å²) in [7, 11) is -5.34. The molecule has 0 aliphatic heterocycles. The molecule has 60 valence electrons. The van der Waals surface area contributed by atoms with Gasteiger partial charge in [-0.25, -0.2) is 0 Å². The van der Waals surface area contributed by atoms with Crippen LogP contribution in [-0.4, -0.2) is 128 Å². The van der Waals surface area contributed by atoms with Gasteiger partial charge in [0.15, 0.2) is 0 Å². The summed E-state index contributed by atoms with van der Waals surface area (Å²) in [6.45, 7) is 0. The molecule has 13 heteroatoms. The zero-order valence-electron chi connectivity index (χ0n) is 6.54. The molecule has 0 fully saturated rings. The van der Waals surface area contributed by atoms with Crippen molar-refractivity contribution in [3.63, 3.8) is 0 Å². The average Bonchev–Trinajstić information content (AvgIpc) is 1.89. The Bertz CT molecular complexity index is 53.4. The summed E-state index contributed by atoms with van der Waals surface area (Å²) in [4.78, 5) is 4.78. The van der Waals surface area contributed by atoms with Gasteiger partial charge in [0.05, 0.1) is 0 Å². The van der Waals surface area contributed by atoms with Crippen LogP contribution < -0.4 is 30.6 Å². The number of hydrogen-bond donors (Lipinski definition) is 0. The van der Waals surface area contributed by atoms with Crippen LogP contribution in [0.2, 0.25) is 0 Å². The van der Waals surface area contributed by atoms with Crippen LogP contribution >= 0.6 is 0 Å². The van der Waals surface area contributed by atoms with Crippen molar-refractivity contribution in [1.82, 2.24) is 0 Å². The van der Waals surface area contributed by atoms with Gasteiger partial charge in [-0.3, -0.25) is 0 Å². The minimum Gasteiger partial charge on any atom is -0.871 e. The average molecular weight is 270 g/mol. The monoisotopic (exact) mass is 270 g/mol. The summed E-state index contributed by atoms with van der Waals surface area (Å²) in [5.41, 5.74) is 0. The van der Waals surface area contributed by atoms with E-state index in [-0.39, 0.29) is 113 Å². The van der Waals surface area contributed by atoms with Crippen molar-refractivity contribution in [3.8, 4) is 0 Å². The molecule has 0 saturated carbocycles. The van der Waals surface area contributed by atoms with Crippen molar-refractivity contribution in [3.05, 3.63) is 0 Å². The normalized spacial score (nSPS) is 6.00. The van der Waals surface area contributed by atoms with Gasteiger partial charge in [-0.1, -0.05) is 0 Å². The van der Waals surface area contributed by atoms with Crippen molar-refractivity contribution >= 4 is 128 Å². The predicted molar refractivity (Wildman–Crippen MR) is 30.9 cm³/mol. The summed E-state index contributed by atoms with van der Waals surface area (Å²) in [6, 6.07) is 0. The van der Waals surface area contributed by atoms with Gasteiger partial charge in [-0.05, 0) is 0 Å².